The molecule has 0 aliphatic carbocycles. The Bertz CT molecular complexity index is 1240. The molecule has 0 bridgehead atoms. The number of aryl methyl sites for hydroxylation is 1. The van der Waals surface area contributed by atoms with E-state index < -0.39 is 10.0 Å². The van der Waals surface area contributed by atoms with Crippen molar-refractivity contribution in [2.24, 2.45) is 0 Å². The molecule has 1 aliphatic heterocycles. The zero-order chi connectivity index (χ0) is 20.3. The number of hydrogen-bond donors (Lipinski definition) is 2. The Morgan fingerprint density at radius 3 is 2.41 bits per heavy atom. The lowest BCUT2D eigenvalue weighted by atomic mass is 10.0. The van der Waals surface area contributed by atoms with Crippen molar-refractivity contribution in [3.8, 4) is 11.8 Å². The van der Waals surface area contributed by atoms with E-state index in [1.165, 1.54) is 6.07 Å². The van der Waals surface area contributed by atoms with Gasteiger partial charge in [0.25, 0.3) is 10.0 Å². The Balaban J connectivity index is 1.56. The molecule has 1 amide bonds. The molecule has 6 heteroatoms. The summed E-state index contributed by atoms with van der Waals surface area (Å²) in [6.07, 6.45) is 0.876. The molecule has 3 aromatic rings. The molecule has 0 aromatic heterocycles. The van der Waals surface area contributed by atoms with Gasteiger partial charge in [-0.15, -0.1) is 0 Å². The minimum atomic E-state index is -3.76. The van der Waals surface area contributed by atoms with Crippen molar-refractivity contribution in [1.29, 1.82) is 0 Å². The van der Waals surface area contributed by atoms with Crippen molar-refractivity contribution in [1.82, 2.24) is 0 Å². The highest BCUT2D eigenvalue weighted by Gasteiger charge is 2.20. The highest BCUT2D eigenvalue weighted by Crippen LogP contribution is 2.26. The second-order valence-electron chi connectivity index (χ2n) is 6.67. The lowest BCUT2D eigenvalue weighted by Gasteiger charge is -2.18. The Morgan fingerprint density at radius 1 is 0.828 bits per heavy atom. The van der Waals surface area contributed by atoms with Crippen LogP contribution in [-0.4, -0.2) is 14.3 Å². The summed E-state index contributed by atoms with van der Waals surface area (Å²) >= 11 is 0. The Morgan fingerprint density at radius 2 is 1.59 bits per heavy atom. The van der Waals surface area contributed by atoms with Gasteiger partial charge in [0.1, 0.15) is 0 Å². The van der Waals surface area contributed by atoms with Crippen LogP contribution in [0.1, 0.15) is 23.1 Å². The molecule has 29 heavy (non-hydrogen) atoms. The fourth-order valence-electron chi connectivity index (χ4n) is 3.07. The van der Waals surface area contributed by atoms with Gasteiger partial charge in [-0.2, -0.15) is 0 Å². The van der Waals surface area contributed by atoms with E-state index in [-0.39, 0.29) is 10.8 Å². The largest absolute Gasteiger partial charge is 0.326 e. The minimum absolute atomic E-state index is 0.0559. The van der Waals surface area contributed by atoms with Crippen LogP contribution in [0.4, 0.5) is 11.4 Å². The van der Waals surface area contributed by atoms with E-state index in [1.807, 2.05) is 36.4 Å². The van der Waals surface area contributed by atoms with Crippen molar-refractivity contribution in [3.05, 3.63) is 89.5 Å². The van der Waals surface area contributed by atoms with Crippen molar-refractivity contribution >= 4 is 27.3 Å². The summed E-state index contributed by atoms with van der Waals surface area (Å²) in [5, 5.41) is 2.75. The van der Waals surface area contributed by atoms with E-state index in [4.69, 9.17) is 0 Å². The van der Waals surface area contributed by atoms with Crippen molar-refractivity contribution in [2.45, 2.75) is 17.7 Å². The highest BCUT2D eigenvalue weighted by atomic mass is 32.2. The third-order valence-electron chi connectivity index (χ3n) is 4.52. The maximum Gasteiger partial charge on any atom is 0.261 e. The zero-order valence-electron chi connectivity index (χ0n) is 15.5. The summed E-state index contributed by atoms with van der Waals surface area (Å²) in [6.45, 7) is 0. The lowest BCUT2D eigenvalue weighted by molar-refractivity contribution is -0.116. The van der Waals surface area contributed by atoms with E-state index >= 15 is 0 Å². The van der Waals surface area contributed by atoms with Crippen LogP contribution in [0.2, 0.25) is 0 Å². The van der Waals surface area contributed by atoms with Gasteiger partial charge in [0, 0.05) is 23.2 Å². The second-order valence-corrected chi connectivity index (χ2v) is 8.35. The standard InChI is InChI=1S/C23H18N2O3S/c26-23-14-11-19-16-21(12-13-22(19)24-23)29(27,28)25-20-8-4-7-18(15-20)10-9-17-5-2-1-3-6-17/h1-8,12-13,15-16,25H,11,14H2,(H,24,26). The molecule has 4 rings (SSSR count). The molecule has 0 atom stereocenters. The van der Waals surface area contributed by atoms with Crippen LogP contribution in [0.3, 0.4) is 0 Å². The number of sulfonamides is 1. The van der Waals surface area contributed by atoms with Crippen LogP contribution >= 0.6 is 0 Å². The Hall–Kier alpha value is -3.56. The van der Waals surface area contributed by atoms with Crippen LogP contribution in [-0.2, 0) is 21.2 Å². The smallest absolute Gasteiger partial charge is 0.261 e. The molecular weight excluding hydrogens is 384 g/mol. The predicted molar refractivity (Wildman–Crippen MR) is 113 cm³/mol. The first-order valence-corrected chi connectivity index (χ1v) is 10.6. The summed E-state index contributed by atoms with van der Waals surface area (Å²) in [7, 11) is -3.76. The highest BCUT2D eigenvalue weighted by molar-refractivity contribution is 7.92. The van der Waals surface area contributed by atoms with Gasteiger partial charge in [-0.1, -0.05) is 36.1 Å². The maximum absolute atomic E-state index is 12.8. The summed E-state index contributed by atoms with van der Waals surface area (Å²) in [5.74, 6) is 6.05. The lowest BCUT2D eigenvalue weighted by Crippen LogP contribution is -2.20. The van der Waals surface area contributed by atoms with Gasteiger partial charge in [0.05, 0.1) is 10.6 Å². The average molecular weight is 402 g/mol. The fraction of sp³-hybridized carbons (Fsp3) is 0.0870. The molecule has 2 N–H and O–H groups in total. The van der Waals surface area contributed by atoms with Gasteiger partial charge in [-0.05, 0) is 60.5 Å². The van der Waals surface area contributed by atoms with E-state index in [0.717, 1.165) is 11.1 Å². The SMILES string of the molecule is O=C1CCc2cc(S(=O)(=O)Nc3cccc(C#Cc4ccccc4)c3)ccc2N1. The van der Waals surface area contributed by atoms with Crippen LogP contribution in [0.15, 0.2) is 77.7 Å². The van der Waals surface area contributed by atoms with Gasteiger partial charge in [-0.3, -0.25) is 9.52 Å². The number of fused-ring (bicyclic) bond motifs is 1. The number of anilines is 2. The quantitative estimate of drug-likeness (QED) is 0.655. The molecule has 0 radical (unpaired) electrons. The molecule has 0 fully saturated rings. The molecule has 0 saturated heterocycles. The minimum Gasteiger partial charge on any atom is -0.326 e. The number of nitrogens with one attached hydrogen (secondary N) is 2. The number of hydrogen-bond acceptors (Lipinski definition) is 3. The number of carbonyl (C=O) groups excluding carboxylic acids is 1. The molecular formula is C23H18N2O3S. The molecule has 1 heterocycles. The van der Waals surface area contributed by atoms with Crippen LogP contribution in [0.25, 0.3) is 0 Å². The van der Waals surface area contributed by atoms with E-state index in [2.05, 4.69) is 21.9 Å². The average Bonchev–Trinajstić information content (AvgIpc) is 2.72. The molecule has 5 nitrogen and oxygen atoms in total. The first-order valence-electron chi connectivity index (χ1n) is 9.12. The third kappa shape index (κ3) is 4.48. The van der Waals surface area contributed by atoms with Gasteiger partial charge in [0.15, 0.2) is 0 Å². The number of benzene rings is 3. The van der Waals surface area contributed by atoms with Crippen molar-refractivity contribution in [2.75, 3.05) is 10.0 Å². The van der Waals surface area contributed by atoms with Crippen LogP contribution in [0.5, 0.6) is 0 Å². The molecule has 0 saturated carbocycles. The number of carbonyl (C=O) groups is 1. The van der Waals surface area contributed by atoms with Gasteiger partial charge < -0.3 is 5.32 Å². The Labute approximate surface area is 169 Å². The fourth-order valence-corrected chi connectivity index (χ4v) is 4.17. The topological polar surface area (TPSA) is 75.3 Å². The monoisotopic (exact) mass is 402 g/mol. The van der Waals surface area contributed by atoms with Crippen LogP contribution in [0, 0.1) is 11.8 Å². The van der Waals surface area contributed by atoms with Gasteiger partial charge >= 0.3 is 0 Å². The predicted octanol–water partition coefficient (Wildman–Crippen LogP) is 3.77. The summed E-state index contributed by atoms with van der Waals surface area (Å²) < 4.78 is 28.2. The number of amides is 1. The second kappa shape index (κ2) is 7.82. The van der Waals surface area contributed by atoms with E-state index in [1.54, 1.807) is 30.3 Å². The van der Waals surface area contributed by atoms with Crippen molar-refractivity contribution in [3.63, 3.8) is 0 Å². The molecule has 0 spiro atoms. The molecule has 144 valence electrons. The molecule has 3 aromatic carbocycles. The van der Waals surface area contributed by atoms with E-state index in [9.17, 15) is 13.2 Å². The summed E-state index contributed by atoms with van der Waals surface area (Å²) in [5.41, 5.74) is 3.52. The number of rotatable bonds is 3. The van der Waals surface area contributed by atoms with E-state index in [0.29, 0.717) is 29.8 Å². The Kier molecular flexibility index (Phi) is 5.07. The molecule has 0 unspecified atom stereocenters. The van der Waals surface area contributed by atoms with Crippen molar-refractivity contribution < 1.29 is 13.2 Å². The van der Waals surface area contributed by atoms with Gasteiger partial charge in [0.2, 0.25) is 5.91 Å². The maximum atomic E-state index is 12.8. The molecule has 1 aliphatic rings. The van der Waals surface area contributed by atoms with Gasteiger partial charge in [-0.25, -0.2) is 8.42 Å². The first-order chi connectivity index (χ1) is 14.0. The first kappa shape index (κ1) is 18.8. The normalized spacial score (nSPS) is 12.9. The summed E-state index contributed by atoms with van der Waals surface area (Å²) in [4.78, 5) is 11.6. The zero-order valence-corrected chi connectivity index (χ0v) is 16.3. The third-order valence-corrected chi connectivity index (χ3v) is 5.90. The summed E-state index contributed by atoms with van der Waals surface area (Å²) in [6, 6.07) is 21.3. The van der Waals surface area contributed by atoms with Crippen LogP contribution < -0.4 is 10.0 Å².